The number of allylic oxidation sites excluding steroid dienone is 8. The number of aryl methyl sites for hydroxylation is 6. The van der Waals surface area contributed by atoms with E-state index in [9.17, 15) is 10.5 Å². The van der Waals surface area contributed by atoms with Gasteiger partial charge < -0.3 is 9.13 Å². The molecule has 8 aromatic carbocycles. The first kappa shape index (κ1) is 53.5. The highest BCUT2D eigenvalue weighted by molar-refractivity contribution is 6.14. The molecule has 0 saturated carbocycles. The number of benzene rings is 8. The molecule has 0 saturated heterocycles. The van der Waals surface area contributed by atoms with E-state index < -0.39 is 11.7 Å². The fraction of sp³-hybridized carbons (Fsp3) is 0.200. The van der Waals surface area contributed by atoms with Crippen LogP contribution in [0.5, 0.6) is 0 Å². The van der Waals surface area contributed by atoms with Gasteiger partial charge in [-0.15, -0.1) is 0 Å². The smallest absolute Gasteiger partial charge is 0.308 e. The second kappa shape index (κ2) is 19.8. The van der Waals surface area contributed by atoms with Crippen molar-refractivity contribution in [3.05, 3.63) is 234 Å². The second-order valence-electron chi connectivity index (χ2n) is 23.4. The van der Waals surface area contributed by atoms with Gasteiger partial charge in [0.15, 0.2) is 0 Å². The molecular weight excluding hydrogens is 1010 g/mol. The van der Waals surface area contributed by atoms with Crippen LogP contribution in [0.3, 0.4) is 0 Å². The summed E-state index contributed by atoms with van der Waals surface area (Å²) in [6.07, 6.45) is 4.00. The Hall–Kier alpha value is -9.17. The van der Waals surface area contributed by atoms with Crippen LogP contribution in [0.2, 0.25) is 0 Å². The van der Waals surface area contributed by atoms with Crippen molar-refractivity contribution >= 4 is 54.8 Å². The minimum absolute atomic E-state index is 0.0772. The Morgan fingerprint density at radius 2 is 0.841 bits per heavy atom. The van der Waals surface area contributed by atoms with Crippen molar-refractivity contribution in [3.63, 3.8) is 0 Å². The van der Waals surface area contributed by atoms with Crippen molar-refractivity contribution in [2.45, 2.75) is 89.3 Å². The van der Waals surface area contributed by atoms with Gasteiger partial charge in [-0.2, -0.15) is 23.7 Å². The standard InChI is InChI=1S/C75H63F3N4/c1-40-24-44(5)69(45(6)25-40)53-16-20-58-59-21-17-54(70-46(7)26-41(2)27-47(70)8)35-64(59)81(63(58)34-53)67-32-52(38-79)33-68(74(67)73-57(39-80)14-13-15-62(73)75(76,77)78)82-65-36-55(71-48(9)28-42(3)29-49(71)10)18-22-60(65)61-23-19-56(37-66(61)82)72-50(11)30-43(4)31-51(72)12/h13-37,44,46H,1-12H3. The summed E-state index contributed by atoms with van der Waals surface area (Å²) in [5.41, 5.74) is 20.3. The lowest BCUT2D eigenvalue weighted by atomic mass is 9.85. The zero-order chi connectivity index (χ0) is 58.0. The van der Waals surface area contributed by atoms with E-state index in [1.807, 2.05) is 0 Å². The van der Waals surface area contributed by atoms with Crippen molar-refractivity contribution in [2.24, 2.45) is 11.8 Å². The Morgan fingerprint density at radius 1 is 0.439 bits per heavy atom. The van der Waals surface area contributed by atoms with Crippen LogP contribution in [0.25, 0.3) is 99.5 Å². The Morgan fingerprint density at radius 3 is 1.22 bits per heavy atom. The van der Waals surface area contributed by atoms with Gasteiger partial charge in [-0.1, -0.05) is 139 Å². The van der Waals surface area contributed by atoms with E-state index >= 15 is 13.2 Å². The molecule has 7 heteroatoms. The van der Waals surface area contributed by atoms with Crippen LogP contribution in [0.4, 0.5) is 13.2 Å². The third kappa shape index (κ3) is 8.74. The first-order valence-corrected chi connectivity index (χ1v) is 28.1. The summed E-state index contributed by atoms with van der Waals surface area (Å²) in [5, 5.41) is 28.3. The van der Waals surface area contributed by atoms with Crippen molar-refractivity contribution < 1.29 is 13.2 Å². The average molecular weight is 1080 g/mol. The lowest BCUT2D eigenvalue weighted by Crippen LogP contribution is -2.16. The molecule has 12 rings (SSSR count). The molecule has 0 amide bonds. The maximum Gasteiger partial charge on any atom is 0.417 e. The summed E-state index contributed by atoms with van der Waals surface area (Å²) in [6.45, 7) is 25.5. The van der Waals surface area contributed by atoms with Crippen LogP contribution < -0.4 is 10.4 Å². The minimum atomic E-state index is -4.90. The van der Waals surface area contributed by atoms with Crippen LogP contribution in [0.15, 0.2) is 174 Å². The average Bonchev–Trinajstić information content (AvgIpc) is 1.89. The summed E-state index contributed by atoms with van der Waals surface area (Å²) >= 11 is 0. The number of halogens is 3. The van der Waals surface area contributed by atoms with Gasteiger partial charge >= 0.3 is 6.18 Å². The van der Waals surface area contributed by atoms with Gasteiger partial charge in [0.25, 0.3) is 0 Å². The van der Waals surface area contributed by atoms with Crippen molar-refractivity contribution in [2.75, 3.05) is 0 Å². The maximum atomic E-state index is 16.4. The largest absolute Gasteiger partial charge is 0.417 e. The summed E-state index contributed by atoms with van der Waals surface area (Å²) in [5.74, 6) is 0.154. The highest BCUT2D eigenvalue weighted by Gasteiger charge is 2.38. The normalized spacial score (nSPS) is 17.0. The Balaban J connectivity index is 1.33. The van der Waals surface area contributed by atoms with E-state index in [0.717, 1.165) is 138 Å². The molecule has 0 fully saturated rings. The molecule has 404 valence electrons. The molecule has 2 aromatic heterocycles. The molecule has 4 nitrogen and oxygen atoms in total. The summed E-state index contributed by atoms with van der Waals surface area (Å²) in [4.78, 5) is 0. The van der Waals surface area contributed by atoms with Crippen molar-refractivity contribution in [1.82, 2.24) is 9.13 Å². The van der Waals surface area contributed by atoms with Crippen LogP contribution in [-0.2, 0) is 6.18 Å². The molecule has 0 spiro atoms. The van der Waals surface area contributed by atoms with Gasteiger partial charge in [0, 0.05) is 44.5 Å². The fourth-order valence-corrected chi connectivity index (χ4v) is 14.5. The fourth-order valence-electron chi connectivity index (χ4n) is 14.5. The summed E-state index contributed by atoms with van der Waals surface area (Å²) in [7, 11) is 0. The molecule has 0 N–H and O–H groups in total. The van der Waals surface area contributed by atoms with Crippen LogP contribution in [0, 0.1) is 76.0 Å². The Labute approximate surface area is 477 Å². The third-order valence-electron chi connectivity index (χ3n) is 17.2. The zero-order valence-electron chi connectivity index (χ0n) is 48.5. The lowest BCUT2D eigenvalue weighted by Gasteiger charge is -2.24. The topological polar surface area (TPSA) is 57.4 Å². The number of aromatic nitrogens is 2. The van der Waals surface area contributed by atoms with Crippen LogP contribution >= 0.6 is 0 Å². The number of nitriles is 2. The Bertz CT molecular complexity index is 4560. The number of hydrogen-bond donors (Lipinski definition) is 0. The highest BCUT2D eigenvalue weighted by Crippen LogP contribution is 2.49. The van der Waals surface area contributed by atoms with E-state index in [1.54, 1.807) is 12.1 Å². The molecule has 0 aliphatic heterocycles. The molecule has 2 atom stereocenters. The van der Waals surface area contributed by atoms with E-state index in [0.29, 0.717) is 11.4 Å². The van der Waals surface area contributed by atoms with Crippen molar-refractivity contribution in [3.8, 4) is 56.9 Å². The predicted octanol–water partition coefficient (Wildman–Crippen LogP) is 18.9. The van der Waals surface area contributed by atoms with Crippen LogP contribution in [-0.4, -0.2) is 9.13 Å². The molecule has 2 heterocycles. The molecule has 0 bridgehead atoms. The number of rotatable bonds is 5. The van der Waals surface area contributed by atoms with Gasteiger partial charge in [0.1, 0.15) is 0 Å². The molecule has 2 aliphatic carbocycles. The Kier molecular flexibility index (Phi) is 12.9. The van der Waals surface area contributed by atoms with E-state index in [4.69, 9.17) is 0 Å². The van der Waals surface area contributed by atoms with Gasteiger partial charge in [-0.25, -0.2) is 0 Å². The lowest BCUT2D eigenvalue weighted by molar-refractivity contribution is -0.137. The molecule has 2 unspecified atom stereocenters. The number of nitrogens with zero attached hydrogens (tertiary/aromatic N) is 4. The molecular formula is C75H63F3N4. The highest BCUT2D eigenvalue weighted by atomic mass is 19.4. The minimum Gasteiger partial charge on any atom is -0.308 e. The van der Waals surface area contributed by atoms with Gasteiger partial charge in [-0.05, 0) is 195 Å². The maximum absolute atomic E-state index is 16.4. The molecule has 0 radical (unpaired) electrons. The molecule has 10 aromatic rings. The summed E-state index contributed by atoms with van der Waals surface area (Å²) in [6, 6.07) is 46.5. The zero-order valence-corrected chi connectivity index (χ0v) is 48.5. The van der Waals surface area contributed by atoms with E-state index in [-0.39, 0.29) is 34.1 Å². The monoisotopic (exact) mass is 1080 g/mol. The second-order valence-corrected chi connectivity index (χ2v) is 23.4. The molecule has 82 heavy (non-hydrogen) atoms. The van der Waals surface area contributed by atoms with Crippen molar-refractivity contribution in [1.29, 1.82) is 10.5 Å². The van der Waals surface area contributed by atoms with E-state index in [1.165, 1.54) is 23.3 Å². The van der Waals surface area contributed by atoms with Gasteiger partial charge in [0.2, 0.25) is 0 Å². The first-order valence-electron chi connectivity index (χ1n) is 28.1. The first-order chi connectivity index (χ1) is 39.1. The summed E-state index contributed by atoms with van der Waals surface area (Å²) < 4.78 is 53.2. The predicted molar refractivity (Wildman–Crippen MR) is 334 cm³/mol. The third-order valence-corrected chi connectivity index (χ3v) is 17.2. The van der Waals surface area contributed by atoms with E-state index in [2.05, 4.69) is 226 Å². The van der Waals surface area contributed by atoms with Gasteiger partial charge in [-0.3, -0.25) is 0 Å². The molecule has 2 aliphatic rings. The SMILES string of the molecule is CC1=CC(C)C(=c2ccc3c4ccc(=C5C(C)=CC(C)=CC5C)cc4n(-c4cc(C#N)cc(-n5c6cc(-c7c(C)cc(C)cc7C)ccc6c6ccc(-c7c(C)cc(C)cc7C)cc65)c4-c4c(C#N)cccc4C(F)(F)F)c3c2)C(C)=C1. The number of hydrogen-bond acceptors (Lipinski definition) is 2. The van der Waals surface area contributed by atoms with Gasteiger partial charge in [0.05, 0.1) is 62.3 Å². The number of fused-ring (bicyclic) bond motifs is 6. The number of alkyl halides is 3. The quantitative estimate of drug-likeness (QED) is 0.172. The van der Waals surface area contributed by atoms with Crippen LogP contribution in [0.1, 0.15) is 91.6 Å².